The van der Waals surface area contributed by atoms with Crippen molar-refractivity contribution in [1.29, 1.82) is 0 Å². The molecule has 0 spiro atoms. The van der Waals surface area contributed by atoms with Crippen LogP contribution in [0.5, 0.6) is 0 Å². The van der Waals surface area contributed by atoms with E-state index in [1.165, 1.54) is 6.92 Å². The van der Waals surface area contributed by atoms with Crippen molar-refractivity contribution in [2.75, 3.05) is 6.61 Å². The molecule has 10 heavy (non-hydrogen) atoms. The lowest BCUT2D eigenvalue weighted by atomic mass is 10.4. The Morgan fingerprint density at radius 1 is 1.80 bits per heavy atom. The second kappa shape index (κ2) is 3.75. The maximum Gasteiger partial charge on any atom is 0.220 e. The van der Waals surface area contributed by atoms with E-state index < -0.39 is 11.1 Å². The van der Waals surface area contributed by atoms with Crippen molar-refractivity contribution >= 4 is 17.5 Å². The van der Waals surface area contributed by atoms with Crippen molar-refractivity contribution in [3.63, 3.8) is 0 Å². The van der Waals surface area contributed by atoms with Crippen molar-refractivity contribution in [2.24, 2.45) is 0 Å². The van der Waals surface area contributed by atoms with Gasteiger partial charge in [0.05, 0.1) is 0 Å². The van der Waals surface area contributed by atoms with E-state index >= 15 is 0 Å². The Balaban J connectivity index is 3.74. The molecule has 0 saturated heterocycles. The van der Waals surface area contributed by atoms with Crippen LogP contribution in [0.4, 0.5) is 0 Å². The average molecular weight is 168 g/mol. The monoisotopic (exact) mass is 167 g/mol. The van der Waals surface area contributed by atoms with Crippen LogP contribution < -0.4 is 5.32 Å². The minimum Gasteiger partial charge on any atom is -0.396 e. The van der Waals surface area contributed by atoms with Crippen LogP contribution in [0.2, 0.25) is 0 Å². The average Bonchev–Trinajstić information content (AvgIpc) is 1.59. The molecule has 0 bridgehead atoms. The third kappa shape index (κ3) is 4.55. The first-order chi connectivity index (χ1) is 4.48. The molecule has 1 unspecified atom stereocenters. The summed E-state index contributed by atoms with van der Waals surface area (Å²) in [6.45, 7) is 0.949. The summed E-state index contributed by atoms with van der Waals surface area (Å²) >= 11 is 5.29. The molecule has 1 atom stereocenters. The molecular weight excluding hydrogens is 158 g/mol. The van der Waals surface area contributed by atoms with Gasteiger partial charge in [0.15, 0.2) is 0 Å². The molecule has 60 valence electrons. The lowest BCUT2D eigenvalue weighted by Gasteiger charge is -2.19. The number of hydrogen-bond donors (Lipinski definition) is 3. The second-order valence-corrected chi connectivity index (χ2v) is 2.54. The third-order valence-electron chi connectivity index (χ3n) is 0.811. The largest absolute Gasteiger partial charge is 0.396 e. The SMILES string of the molecule is CC(=O)NC(O)(Cl)CCO. The molecule has 4 nitrogen and oxygen atoms in total. The van der Waals surface area contributed by atoms with Crippen LogP contribution in [-0.4, -0.2) is 27.9 Å². The molecule has 0 aliphatic carbocycles. The van der Waals surface area contributed by atoms with Gasteiger partial charge in [0, 0.05) is 20.0 Å². The molecule has 0 aromatic carbocycles. The highest BCUT2D eigenvalue weighted by atomic mass is 35.5. The highest BCUT2D eigenvalue weighted by Gasteiger charge is 2.22. The van der Waals surface area contributed by atoms with Gasteiger partial charge in [0.2, 0.25) is 11.1 Å². The Labute approximate surface area is 63.8 Å². The van der Waals surface area contributed by atoms with Gasteiger partial charge in [-0.05, 0) is 0 Å². The van der Waals surface area contributed by atoms with Crippen LogP contribution in [0.25, 0.3) is 0 Å². The Kier molecular flexibility index (Phi) is 3.63. The summed E-state index contributed by atoms with van der Waals surface area (Å²) in [5.41, 5.74) is 0. The summed E-state index contributed by atoms with van der Waals surface area (Å²) in [5, 5.41) is 17.5. The highest BCUT2D eigenvalue weighted by molar-refractivity contribution is 6.23. The molecule has 5 heteroatoms. The maximum atomic E-state index is 10.3. The van der Waals surface area contributed by atoms with Crippen molar-refractivity contribution in [3.8, 4) is 0 Å². The van der Waals surface area contributed by atoms with Crippen molar-refractivity contribution in [1.82, 2.24) is 5.32 Å². The number of aliphatic hydroxyl groups is 2. The lowest BCUT2D eigenvalue weighted by molar-refractivity contribution is -0.123. The molecule has 1 amide bonds. The normalized spacial score (nSPS) is 16.0. The molecule has 0 aromatic heterocycles. The van der Waals surface area contributed by atoms with Gasteiger partial charge in [-0.15, -0.1) is 0 Å². The minimum atomic E-state index is -1.80. The fraction of sp³-hybridized carbons (Fsp3) is 0.800. The molecule has 0 aromatic rings. The summed E-state index contributed by atoms with van der Waals surface area (Å²) in [5.74, 6) is -0.439. The van der Waals surface area contributed by atoms with Crippen LogP contribution in [0, 0.1) is 0 Å². The van der Waals surface area contributed by atoms with Gasteiger partial charge in [0.1, 0.15) is 0 Å². The molecule has 0 heterocycles. The van der Waals surface area contributed by atoms with Crippen molar-refractivity contribution in [2.45, 2.75) is 18.5 Å². The number of halogens is 1. The summed E-state index contributed by atoms with van der Waals surface area (Å²) < 4.78 is 0. The molecule has 0 radical (unpaired) electrons. The smallest absolute Gasteiger partial charge is 0.220 e. The van der Waals surface area contributed by atoms with E-state index in [1.807, 2.05) is 5.32 Å². The Bertz CT molecular complexity index is 126. The van der Waals surface area contributed by atoms with Crippen LogP contribution in [0.15, 0.2) is 0 Å². The highest BCUT2D eigenvalue weighted by Crippen LogP contribution is 2.10. The number of amides is 1. The van der Waals surface area contributed by atoms with Crippen molar-refractivity contribution in [3.05, 3.63) is 0 Å². The number of nitrogens with one attached hydrogen (secondary N) is 1. The molecule has 0 fully saturated rings. The number of rotatable bonds is 3. The quantitative estimate of drug-likeness (QED) is 0.298. The second-order valence-electron chi connectivity index (χ2n) is 1.91. The molecule has 0 aliphatic rings. The minimum absolute atomic E-state index is 0.0892. The number of hydrogen-bond acceptors (Lipinski definition) is 3. The predicted octanol–water partition coefficient (Wildman–Crippen LogP) is -0.610. The Morgan fingerprint density at radius 3 is 2.60 bits per heavy atom. The zero-order valence-corrected chi connectivity index (χ0v) is 6.35. The van der Waals surface area contributed by atoms with E-state index in [0.717, 1.165) is 0 Å². The van der Waals surface area contributed by atoms with Crippen LogP contribution in [-0.2, 0) is 4.79 Å². The molecule has 0 aliphatic heterocycles. The first-order valence-electron chi connectivity index (χ1n) is 2.79. The number of aliphatic hydroxyl groups excluding tert-OH is 1. The Morgan fingerprint density at radius 2 is 2.30 bits per heavy atom. The van der Waals surface area contributed by atoms with Gasteiger partial charge in [-0.2, -0.15) is 0 Å². The van der Waals surface area contributed by atoms with Gasteiger partial charge >= 0.3 is 0 Å². The van der Waals surface area contributed by atoms with E-state index in [2.05, 4.69) is 0 Å². The first kappa shape index (κ1) is 9.68. The molecule has 0 rings (SSSR count). The number of alkyl halides is 1. The van der Waals surface area contributed by atoms with Crippen LogP contribution >= 0.6 is 11.6 Å². The van der Waals surface area contributed by atoms with E-state index in [0.29, 0.717) is 0 Å². The van der Waals surface area contributed by atoms with Crippen molar-refractivity contribution < 1.29 is 15.0 Å². The van der Waals surface area contributed by atoms with E-state index in [9.17, 15) is 4.79 Å². The van der Waals surface area contributed by atoms with Gasteiger partial charge in [-0.1, -0.05) is 11.6 Å². The van der Waals surface area contributed by atoms with E-state index in [-0.39, 0.29) is 13.0 Å². The van der Waals surface area contributed by atoms with Gasteiger partial charge in [0.25, 0.3) is 0 Å². The van der Waals surface area contributed by atoms with E-state index in [4.69, 9.17) is 21.8 Å². The van der Waals surface area contributed by atoms with Gasteiger partial charge in [-0.25, -0.2) is 0 Å². The van der Waals surface area contributed by atoms with Gasteiger partial charge in [-0.3, -0.25) is 4.79 Å². The third-order valence-corrected chi connectivity index (χ3v) is 1.09. The topological polar surface area (TPSA) is 69.6 Å². The standard InChI is InChI=1S/C5H10ClNO3/c1-4(9)7-5(6,10)2-3-8/h8,10H,2-3H2,1H3,(H,7,9). The fourth-order valence-corrected chi connectivity index (χ4v) is 0.698. The van der Waals surface area contributed by atoms with E-state index in [1.54, 1.807) is 0 Å². The van der Waals surface area contributed by atoms with Crippen LogP contribution in [0.3, 0.4) is 0 Å². The molecule has 0 saturated carbocycles. The maximum absolute atomic E-state index is 10.3. The summed E-state index contributed by atoms with van der Waals surface area (Å²) in [6.07, 6.45) is -0.0892. The number of carbonyl (C=O) groups is 1. The lowest BCUT2D eigenvalue weighted by Crippen LogP contribution is -2.43. The molecule has 3 N–H and O–H groups in total. The zero-order valence-electron chi connectivity index (χ0n) is 5.59. The summed E-state index contributed by atoms with van der Waals surface area (Å²) in [4.78, 5) is 10.3. The number of carbonyl (C=O) groups excluding carboxylic acids is 1. The predicted molar refractivity (Wildman–Crippen MR) is 36.3 cm³/mol. The summed E-state index contributed by atoms with van der Waals surface area (Å²) in [7, 11) is 0. The zero-order chi connectivity index (χ0) is 8.20. The van der Waals surface area contributed by atoms with Crippen LogP contribution in [0.1, 0.15) is 13.3 Å². The summed E-state index contributed by atoms with van der Waals surface area (Å²) in [6, 6.07) is 0. The first-order valence-corrected chi connectivity index (χ1v) is 3.16. The molecular formula is C5H10ClNO3. The Hall–Kier alpha value is -0.320. The fourth-order valence-electron chi connectivity index (χ4n) is 0.480. The van der Waals surface area contributed by atoms with Gasteiger partial charge < -0.3 is 15.5 Å².